The summed E-state index contributed by atoms with van der Waals surface area (Å²) in [6.45, 7) is 4.06. The Hall–Kier alpha value is -2.21. The Morgan fingerprint density at radius 3 is 2.90 bits per heavy atom. The van der Waals surface area contributed by atoms with Crippen LogP contribution in [0.5, 0.6) is 0 Å². The van der Waals surface area contributed by atoms with Gasteiger partial charge in [0.15, 0.2) is 0 Å². The largest absolute Gasteiger partial charge is 0.352 e. The number of hydrogen-bond acceptors (Lipinski definition) is 4. The predicted molar refractivity (Wildman–Crippen MR) is 76.0 cm³/mol. The average Bonchev–Trinajstić information content (AvgIpc) is 2.98. The Labute approximate surface area is 118 Å². The van der Waals surface area contributed by atoms with Crippen molar-refractivity contribution in [2.24, 2.45) is 11.7 Å². The van der Waals surface area contributed by atoms with Crippen LogP contribution in [-0.4, -0.2) is 26.5 Å². The highest BCUT2D eigenvalue weighted by atomic mass is 16.1. The van der Waals surface area contributed by atoms with Crippen LogP contribution in [0, 0.1) is 5.92 Å². The molecule has 106 valence electrons. The molecule has 2 atom stereocenters. The van der Waals surface area contributed by atoms with E-state index in [1.807, 2.05) is 36.7 Å². The van der Waals surface area contributed by atoms with Crippen molar-refractivity contribution in [3.8, 4) is 5.82 Å². The fourth-order valence-corrected chi connectivity index (χ4v) is 1.77. The summed E-state index contributed by atoms with van der Waals surface area (Å²) in [5, 5.41) is 2.89. The van der Waals surface area contributed by atoms with Gasteiger partial charge in [-0.3, -0.25) is 9.36 Å². The van der Waals surface area contributed by atoms with Crippen LogP contribution in [0.15, 0.2) is 37.1 Å². The van der Waals surface area contributed by atoms with E-state index >= 15 is 0 Å². The second kappa shape index (κ2) is 6.29. The summed E-state index contributed by atoms with van der Waals surface area (Å²) in [5.74, 6) is 0.488. The van der Waals surface area contributed by atoms with Gasteiger partial charge in [-0.2, -0.15) is 0 Å². The average molecular weight is 273 g/mol. The van der Waals surface area contributed by atoms with E-state index in [-0.39, 0.29) is 17.9 Å². The van der Waals surface area contributed by atoms with Crippen LogP contribution >= 0.6 is 0 Å². The highest BCUT2D eigenvalue weighted by molar-refractivity contribution is 5.78. The predicted octanol–water partition coefficient (Wildman–Crippen LogP) is 0.867. The molecule has 0 aliphatic carbocycles. The van der Waals surface area contributed by atoms with Gasteiger partial charge < -0.3 is 11.1 Å². The number of nitrogens with two attached hydrogens (primary N) is 1. The Morgan fingerprint density at radius 1 is 1.45 bits per heavy atom. The molecule has 0 fully saturated rings. The van der Waals surface area contributed by atoms with Gasteiger partial charge in [-0.1, -0.05) is 13.0 Å². The lowest BCUT2D eigenvalue weighted by Gasteiger charge is -2.16. The van der Waals surface area contributed by atoms with Gasteiger partial charge >= 0.3 is 0 Å². The van der Waals surface area contributed by atoms with Crippen molar-refractivity contribution >= 4 is 5.91 Å². The van der Waals surface area contributed by atoms with Crippen molar-refractivity contribution < 1.29 is 4.79 Å². The summed E-state index contributed by atoms with van der Waals surface area (Å²) in [5.41, 5.74) is 6.65. The van der Waals surface area contributed by atoms with Gasteiger partial charge in [-0.15, -0.1) is 0 Å². The summed E-state index contributed by atoms with van der Waals surface area (Å²) < 4.78 is 1.82. The molecule has 0 aromatic carbocycles. The number of hydrogen-bond donors (Lipinski definition) is 2. The first-order valence-corrected chi connectivity index (χ1v) is 6.55. The van der Waals surface area contributed by atoms with Crippen LogP contribution in [0.3, 0.4) is 0 Å². The molecule has 0 saturated carbocycles. The molecule has 2 unspecified atom stereocenters. The zero-order chi connectivity index (χ0) is 14.5. The summed E-state index contributed by atoms with van der Waals surface area (Å²) in [6.07, 6.45) is 6.90. The van der Waals surface area contributed by atoms with Crippen molar-refractivity contribution in [3.05, 3.63) is 42.6 Å². The first-order valence-electron chi connectivity index (χ1n) is 6.55. The summed E-state index contributed by atoms with van der Waals surface area (Å²) in [4.78, 5) is 20.3. The quantitative estimate of drug-likeness (QED) is 0.846. The Bertz CT molecular complexity index is 565. The van der Waals surface area contributed by atoms with Gasteiger partial charge in [0, 0.05) is 42.7 Å². The fourth-order valence-electron chi connectivity index (χ4n) is 1.77. The van der Waals surface area contributed by atoms with Gasteiger partial charge in [0.25, 0.3) is 0 Å². The van der Waals surface area contributed by atoms with E-state index in [2.05, 4.69) is 15.3 Å². The molecule has 0 bridgehead atoms. The van der Waals surface area contributed by atoms with Crippen molar-refractivity contribution in [2.45, 2.75) is 26.4 Å². The van der Waals surface area contributed by atoms with Gasteiger partial charge in [-0.05, 0) is 13.0 Å². The van der Waals surface area contributed by atoms with Gasteiger partial charge in [-0.25, -0.2) is 9.97 Å². The molecule has 20 heavy (non-hydrogen) atoms. The zero-order valence-corrected chi connectivity index (χ0v) is 11.7. The topological polar surface area (TPSA) is 85.8 Å². The van der Waals surface area contributed by atoms with Gasteiger partial charge in [0.2, 0.25) is 5.91 Å². The van der Waals surface area contributed by atoms with E-state index < -0.39 is 0 Å². The summed E-state index contributed by atoms with van der Waals surface area (Å²) >= 11 is 0. The van der Waals surface area contributed by atoms with E-state index in [0.717, 1.165) is 11.4 Å². The lowest BCUT2D eigenvalue weighted by molar-refractivity contribution is -0.125. The number of imidazole rings is 1. The van der Waals surface area contributed by atoms with Gasteiger partial charge in [0.1, 0.15) is 12.1 Å². The van der Waals surface area contributed by atoms with Crippen molar-refractivity contribution in [2.75, 3.05) is 0 Å². The van der Waals surface area contributed by atoms with Crippen molar-refractivity contribution in [1.29, 1.82) is 0 Å². The van der Waals surface area contributed by atoms with E-state index in [4.69, 9.17) is 5.73 Å². The minimum atomic E-state index is -0.219. The van der Waals surface area contributed by atoms with E-state index in [9.17, 15) is 4.79 Å². The lowest BCUT2D eigenvalue weighted by atomic mass is 10.0. The van der Waals surface area contributed by atoms with Gasteiger partial charge in [0.05, 0.1) is 0 Å². The minimum absolute atomic E-state index is 0.0552. The third-order valence-corrected chi connectivity index (χ3v) is 3.27. The van der Waals surface area contributed by atoms with E-state index in [0.29, 0.717) is 6.54 Å². The van der Waals surface area contributed by atoms with E-state index in [1.54, 1.807) is 18.7 Å². The zero-order valence-electron chi connectivity index (χ0n) is 11.7. The molecule has 6 heteroatoms. The molecule has 0 saturated heterocycles. The maximum absolute atomic E-state index is 11.9. The molecule has 1 amide bonds. The lowest BCUT2D eigenvalue weighted by Crippen LogP contribution is -2.38. The van der Waals surface area contributed by atoms with Crippen molar-refractivity contribution in [1.82, 2.24) is 19.9 Å². The summed E-state index contributed by atoms with van der Waals surface area (Å²) in [6, 6.07) is 3.60. The van der Waals surface area contributed by atoms with Crippen molar-refractivity contribution in [3.63, 3.8) is 0 Å². The van der Waals surface area contributed by atoms with Crippen LogP contribution in [0.2, 0.25) is 0 Å². The molecule has 0 radical (unpaired) electrons. The van der Waals surface area contributed by atoms with Crippen LogP contribution in [0.4, 0.5) is 0 Å². The monoisotopic (exact) mass is 273 g/mol. The molecule has 0 spiro atoms. The molecule has 2 rings (SSSR count). The number of carbonyl (C=O) groups excluding carboxylic acids is 1. The third-order valence-electron chi connectivity index (χ3n) is 3.27. The van der Waals surface area contributed by atoms with Crippen LogP contribution in [0.25, 0.3) is 5.82 Å². The molecule has 2 aromatic heterocycles. The molecule has 0 aliphatic heterocycles. The first-order chi connectivity index (χ1) is 9.59. The summed E-state index contributed by atoms with van der Waals surface area (Å²) in [7, 11) is 0. The van der Waals surface area contributed by atoms with Crippen LogP contribution < -0.4 is 11.1 Å². The van der Waals surface area contributed by atoms with Crippen LogP contribution in [0.1, 0.15) is 19.4 Å². The SMILES string of the molecule is CC(N)C(C)C(=O)NCc1cccnc1-n1ccnc1. The third kappa shape index (κ3) is 3.21. The Morgan fingerprint density at radius 2 is 2.25 bits per heavy atom. The highest BCUT2D eigenvalue weighted by Crippen LogP contribution is 2.11. The number of amides is 1. The number of pyridine rings is 1. The Balaban J connectivity index is 2.09. The molecule has 6 nitrogen and oxygen atoms in total. The molecular formula is C14H19N5O. The minimum Gasteiger partial charge on any atom is -0.352 e. The van der Waals surface area contributed by atoms with E-state index in [1.165, 1.54) is 0 Å². The normalized spacial score (nSPS) is 13.8. The fraction of sp³-hybridized carbons (Fsp3) is 0.357. The van der Waals surface area contributed by atoms with Crippen LogP contribution in [-0.2, 0) is 11.3 Å². The maximum Gasteiger partial charge on any atom is 0.224 e. The molecule has 2 heterocycles. The Kier molecular flexibility index (Phi) is 4.47. The number of nitrogens with one attached hydrogen (secondary N) is 1. The maximum atomic E-state index is 11.9. The molecule has 0 aliphatic rings. The molecular weight excluding hydrogens is 254 g/mol. The highest BCUT2D eigenvalue weighted by Gasteiger charge is 2.17. The number of carbonyl (C=O) groups is 1. The second-order valence-corrected chi connectivity index (χ2v) is 4.82. The smallest absolute Gasteiger partial charge is 0.224 e. The second-order valence-electron chi connectivity index (χ2n) is 4.82. The number of nitrogens with zero attached hydrogens (tertiary/aromatic N) is 3. The number of aromatic nitrogens is 3. The number of rotatable bonds is 5. The molecule has 2 aromatic rings. The molecule has 3 N–H and O–H groups in total. The standard InChI is InChI=1S/C14H19N5O/c1-10(11(2)15)14(20)18-8-12-4-3-5-17-13(12)19-7-6-16-9-19/h3-7,9-11H,8,15H2,1-2H3,(H,18,20). The first kappa shape index (κ1) is 14.2.